The fourth-order valence-corrected chi connectivity index (χ4v) is 5.46. The molecule has 2 heterocycles. The molecule has 3 aromatic carbocycles. The maximum atomic E-state index is 13.0. The van der Waals surface area contributed by atoms with Crippen LogP contribution < -0.4 is 20.3 Å². The van der Waals surface area contributed by atoms with Crippen LogP contribution in [0.5, 0.6) is 5.75 Å². The highest BCUT2D eigenvalue weighted by Gasteiger charge is 2.20. The molecule has 0 aliphatic carbocycles. The van der Waals surface area contributed by atoms with Gasteiger partial charge in [0.05, 0.1) is 22.9 Å². The first-order valence-corrected chi connectivity index (χ1v) is 15.6. The second-order valence-electron chi connectivity index (χ2n) is 10.1. The Bertz CT molecular complexity index is 1950. The van der Waals surface area contributed by atoms with Crippen LogP contribution in [0.2, 0.25) is 10.0 Å². The number of carbonyl (C=O) groups is 3. The molecular formula is C34H28BrCl2N5O4. The Morgan fingerprint density at radius 3 is 2.48 bits per heavy atom. The largest absolute Gasteiger partial charge is 0.485 e. The summed E-state index contributed by atoms with van der Waals surface area (Å²) in [5.74, 6) is -0.512. The normalized spacial score (nSPS) is 11.1. The van der Waals surface area contributed by atoms with Crippen molar-refractivity contribution < 1.29 is 19.1 Å². The minimum Gasteiger partial charge on any atom is -0.485 e. The molecule has 0 unspecified atom stereocenters. The summed E-state index contributed by atoms with van der Waals surface area (Å²) in [5, 5.41) is 6.06. The van der Waals surface area contributed by atoms with Crippen LogP contribution in [0.3, 0.4) is 0 Å². The summed E-state index contributed by atoms with van der Waals surface area (Å²) in [6.45, 7) is 1.67. The third-order valence-electron chi connectivity index (χ3n) is 7.03. The molecule has 5 rings (SSSR count). The number of hydrogen-bond acceptors (Lipinski definition) is 5. The summed E-state index contributed by atoms with van der Waals surface area (Å²) in [4.78, 5) is 43.7. The Labute approximate surface area is 283 Å². The number of anilines is 2. The molecule has 5 aromatic rings. The van der Waals surface area contributed by atoms with Gasteiger partial charge in [0.25, 0.3) is 5.91 Å². The summed E-state index contributed by atoms with van der Waals surface area (Å²) in [5.41, 5.74) is 4.29. The second kappa shape index (κ2) is 14.6. The van der Waals surface area contributed by atoms with Gasteiger partial charge in [-0.15, -0.1) is 0 Å². The van der Waals surface area contributed by atoms with Crippen LogP contribution in [-0.4, -0.2) is 40.7 Å². The van der Waals surface area contributed by atoms with Crippen LogP contribution in [0, 0.1) is 6.92 Å². The molecule has 0 radical (unpaired) electrons. The molecule has 0 saturated heterocycles. The lowest BCUT2D eigenvalue weighted by Gasteiger charge is -2.21. The number of amides is 3. The van der Waals surface area contributed by atoms with E-state index in [4.69, 9.17) is 27.9 Å². The van der Waals surface area contributed by atoms with E-state index in [2.05, 4.69) is 31.5 Å². The molecule has 0 aliphatic rings. The molecule has 0 fully saturated rings. The average Bonchev–Trinajstić information content (AvgIpc) is 3.36. The van der Waals surface area contributed by atoms with Crippen molar-refractivity contribution in [3.63, 3.8) is 0 Å². The zero-order valence-corrected chi connectivity index (χ0v) is 27.9. The zero-order chi connectivity index (χ0) is 32.8. The van der Waals surface area contributed by atoms with Gasteiger partial charge in [0.15, 0.2) is 11.4 Å². The fraction of sp³-hybridized carbons (Fsp3) is 0.118. The number of ether oxygens (including phenoxy) is 1. The van der Waals surface area contributed by atoms with Crippen LogP contribution in [0.1, 0.15) is 27.2 Å². The Morgan fingerprint density at radius 1 is 1.00 bits per heavy atom. The van der Waals surface area contributed by atoms with E-state index in [1.165, 1.54) is 11.0 Å². The molecule has 0 spiro atoms. The number of halogens is 3. The molecule has 0 bridgehead atoms. The first kappa shape index (κ1) is 32.7. The lowest BCUT2D eigenvalue weighted by atomic mass is 10.1. The van der Waals surface area contributed by atoms with E-state index in [1.807, 2.05) is 29.7 Å². The smallest absolute Gasteiger partial charge is 0.255 e. The van der Waals surface area contributed by atoms with E-state index in [1.54, 1.807) is 79.9 Å². The first-order valence-electron chi connectivity index (χ1n) is 14.0. The number of pyridine rings is 1. The third kappa shape index (κ3) is 7.59. The van der Waals surface area contributed by atoms with Crippen molar-refractivity contribution in [2.45, 2.75) is 13.5 Å². The molecule has 2 N–H and O–H groups in total. The van der Waals surface area contributed by atoms with Crippen molar-refractivity contribution in [3.8, 4) is 5.75 Å². The number of aromatic nitrogens is 2. The number of likely N-dealkylation sites (N-methyl/N-ethyl adjacent to an activating group) is 1. The van der Waals surface area contributed by atoms with Crippen molar-refractivity contribution in [3.05, 3.63) is 128 Å². The Balaban J connectivity index is 1.16. The van der Waals surface area contributed by atoms with Crippen molar-refractivity contribution in [1.82, 2.24) is 14.7 Å². The van der Waals surface area contributed by atoms with E-state index < -0.39 is 5.91 Å². The monoisotopic (exact) mass is 719 g/mol. The summed E-state index contributed by atoms with van der Waals surface area (Å²) in [6.07, 6.45) is 4.81. The molecule has 2 aromatic heterocycles. The maximum Gasteiger partial charge on any atom is 0.255 e. The van der Waals surface area contributed by atoms with Crippen LogP contribution in [0.4, 0.5) is 11.4 Å². The summed E-state index contributed by atoms with van der Waals surface area (Å²) >= 11 is 16.7. The van der Waals surface area contributed by atoms with E-state index in [0.29, 0.717) is 38.9 Å². The molecule has 0 aliphatic heterocycles. The van der Waals surface area contributed by atoms with Gasteiger partial charge in [0.1, 0.15) is 11.2 Å². The second-order valence-corrected chi connectivity index (χ2v) is 11.7. The van der Waals surface area contributed by atoms with Gasteiger partial charge in [-0.3, -0.25) is 18.8 Å². The minimum atomic E-state index is -0.450. The third-order valence-corrected chi connectivity index (χ3v) is 8.77. The van der Waals surface area contributed by atoms with Gasteiger partial charge >= 0.3 is 0 Å². The van der Waals surface area contributed by atoms with E-state index in [0.717, 1.165) is 15.9 Å². The number of aryl methyl sites for hydroxylation is 1. The predicted octanol–water partition coefficient (Wildman–Crippen LogP) is 7.34. The highest BCUT2D eigenvalue weighted by atomic mass is 79.9. The van der Waals surface area contributed by atoms with Crippen molar-refractivity contribution in [2.75, 3.05) is 23.8 Å². The van der Waals surface area contributed by atoms with Crippen molar-refractivity contribution >= 4 is 80.0 Å². The average molecular weight is 721 g/mol. The Hall–Kier alpha value is -4.64. The number of carbonyl (C=O) groups excluding carboxylic acids is 3. The summed E-state index contributed by atoms with van der Waals surface area (Å²) < 4.78 is 8.75. The lowest BCUT2D eigenvalue weighted by molar-refractivity contribution is -0.122. The van der Waals surface area contributed by atoms with Gasteiger partial charge < -0.3 is 20.3 Å². The Kier molecular flexibility index (Phi) is 10.4. The lowest BCUT2D eigenvalue weighted by Crippen LogP contribution is -2.37. The maximum absolute atomic E-state index is 13.0. The van der Waals surface area contributed by atoms with Gasteiger partial charge in [-0.05, 0) is 83.0 Å². The number of nitrogens with one attached hydrogen (secondary N) is 2. The van der Waals surface area contributed by atoms with E-state index >= 15 is 0 Å². The van der Waals surface area contributed by atoms with Crippen LogP contribution in [-0.2, 0) is 16.2 Å². The van der Waals surface area contributed by atoms with Gasteiger partial charge in [-0.2, -0.15) is 0 Å². The standard InChI is InChI=1S/C34H28BrCl2N5O4/c1-21-32(35)42-18-6-9-28(33(42)39-21)46-20-25-26(36)15-16-27(31(25)37)41(2)30(44)19-38-29(43)17-12-22-10-13-24(14-11-22)40-34(45)23-7-4-3-5-8-23/h3-18H,19-20H2,1-2H3,(H,38,43)(H,40,45)/b17-12+. The number of fused-ring (bicyclic) bond motifs is 1. The molecule has 3 amide bonds. The summed E-state index contributed by atoms with van der Waals surface area (Å²) in [7, 11) is 1.56. The van der Waals surface area contributed by atoms with Gasteiger partial charge in [0, 0.05) is 41.2 Å². The number of benzene rings is 3. The van der Waals surface area contributed by atoms with Crippen LogP contribution >= 0.6 is 39.1 Å². The summed E-state index contributed by atoms with van der Waals surface area (Å²) in [6, 6.07) is 22.8. The minimum absolute atomic E-state index is 0.0403. The topological polar surface area (TPSA) is 105 Å². The number of imidazole rings is 1. The molecule has 46 heavy (non-hydrogen) atoms. The quantitative estimate of drug-likeness (QED) is 0.147. The van der Waals surface area contributed by atoms with E-state index in [-0.39, 0.29) is 30.0 Å². The predicted molar refractivity (Wildman–Crippen MR) is 185 cm³/mol. The molecular weight excluding hydrogens is 693 g/mol. The number of rotatable bonds is 10. The molecule has 0 atom stereocenters. The van der Waals surface area contributed by atoms with Gasteiger partial charge in [-0.1, -0.05) is 53.5 Å². The molecule has 234 valence electrons. The van der Waals surface area contributed by atoms with Crippen molar-refractivity contribution in [2.24, 2.45) is 0 Å². The van der Waals surface area contributed by atoms with Gasteiger partial charge in [-0.25, -0.2) is 4.98 Å². The Morgan fingerprint density at radius 2 is 1.74 bits per heavy atom. The highest BCUT2D eigenvalue weighted by Crippen LogP contribution is 2.35. The SMILES string of the molecule is Cc1nc2c(OCc3c(Cl)ccc(N(C)C(=O)CNC(=O)/C=C/c4ccc(NC(=O)c5ccccc5)cc4)c3Cl)cccn2c1Br. The first-order chi connectivity index (χ1) is 22.1. The number of hydrogen-bond donors (Lipinski definition) is 2. The van der Waals surface area contributed by atoms with Crippen molar-refractivity contribution in [1.29, 1.82) is 0 Å². The van der Waals surface area contributed by atoms with Crippen LogP contribution in [0.15, 0.2) is 95.7 Å². The van der Waals surface area contributed by atoms with Gasteiger partial charge in [0.2, 0.25) is 11.8 Å². The number of nitrogens with zero attached hydrogens (tertiary/aromatic N) is 3. The fourth-order valence-electron chi connectivity index (χ4n) is 4.48. The molecule has 0 saturated carbocycles. The van der Waals surface area contributed by atoms with Crippen LogP contribution in [0.25, 0.3) is 11.7 Å². The molecule has 12 heteroatoms. The molecule has 9 nitrogen and oxygen atoms in total. The highest BCUT2D eigenvalue weighted by molar-refractivity contribution is 9.10. The van der Waals surface area contributed by atoms with E-state index in [9.17, 15) is 14.4 Å². The zero-order valence-electron chi connectivity index (χ0n) is 24.8.